The quantitative estimate of drug-likeness (QED) is 0.746. The van der Waals surface area contributed by atoms with E-state index in [4.69, 9.17) is 15.6 Å². The van der Waals surface area contributed by atoms with Crippen molar-refractivity contribution in [2.45, 2.75) is 39.2 Å². The first kappa shape index (κ1) is 14.0. The van der Waals surface area contributed by atoms with Crippen molar-refractivity contribution in [2.24, 2.45) is 5.73 Å². The first-order valence-electron chi connectivity index (χ1n) is 6.04. The van der Waals surface area contributed by atoms with Crippen molar-refractivity contribution < 1.29 is 9.84 Å². The van der Waals surface area contributed by atoms with Crippen LogP contribution in [0.2, 0.25) is 0 Å². The van der Waals surface area contributed by atoms with Crippen molar-refractivity contribution in [3.05, 3.63) is 29.3 Å². The van der Waals surface area contributed by atoms with Crippen LogP contribution in [0.25, 0.3) is 0 Å². The van der Waals surface area contributed by atoms with Gasteiger partial charge in [0.25, 0.3) is 0 Å². The Kier molecular flexibility index (Phi) is 4.97. The Morgan fingerprint density at radius 2 is 2.06 bits per heavy atom. The van der Waals surface area contributed by atoms with Crippen molar-refractivity contribution in [2.75, 3.05) is 13.2 Å². The Bertz CT molecular complexity index is 361. The Morgan fingerprint density at radius 1 is 1.35 bits per heavy atom. The fourth-order valence-corrected chi connectivity index (χ4v) is 1.70. The molecule has 96 valence electrons. The van der Waals surface area contributed by atoms with Gasteiger partial charge < -0.3 is 15.6 Å². The van der Waals surface area contributed by atoms with Crippen LogP contribution in [0, 0.1) is 13.8 Å². The summed E-state index contributed by atoms with van der Waals surface area (Å²) < 4.78 is 5.69. The standard InChI is InChI=1S/C14H23NO2/c1-11-5-6-13(12(2)9-11)17-8-4-7-14(3,15)10-16/h5-6,9,16H,4,7-8,10,15H2,1-3H3. The van der Waals surface area contributed by atoms with Gasteiger partial charge in [0.15, 0.2) is 0 Å². The second kappa shape index (κ2) is 6.03. The van der Waals surface area contributed by atoms with E-state index in [0.717, 1.165) is 24.2 Å². The van der Waals surface area contributed by atoms with Gasteiger partial charge in [-0.1, -0.05) is 17.7 Å². The van der Waals surface area contributed by atoms with E-state index in [1.54, 1.807) is 0 Å². The van der Waals surface area contributed by atoms with Gasteiger partial charge in [0, 0.05) is 5.54 Å². The van der Waals surface area contributed by atoms with E-state index < -0.39 is 5.54 Å². The van der Waals surface area contributed by atoms with E-state index in [2.05, 4.69) is 13.0 Å². The summed E-state index contributed by atoms with van der Waals surface area (Å²) in [5.41, 5.74) is 7.74. The highest BCUT2D eigenvalue weighted by molar-refractivity contribution is 5.35. The average molecular weight is 237 g/mol. The van der Waals surface area contributed by atoms with Crippen molar-refractivity contribution in [3.63, 3.8) is 0 Å². The predicted octanol–water partition coefficient (Wildman–Crippen LogP) is 2.17. The van der Waals surface area contributed by atoms with Gasteiger partial charge in [0.2, 0.25) is 0 Å². The molecular formula is C14H23NO2. The molecule has 0 radical (unpaired) electrons. The van der Waals surface area contributed by atoms with Gasteiger partial charge >= 0.3 is 0 Å². The predicted molar refractivity (Wildman–Crippen MR) is 70.3 cm³/mol. The summed E-state index contributed by atoms with van der Waals surface area (Å²) in [6, 6.07) is 6.15. The summed E-state index contributed by atoms with van der Waals surface area (Å²) in [5, 5.41) is 9.02. The van der Waals surface area contributed by atoms with E-state index in [9.17, 15) is 0 Å². The molecule has 1 unspecified atom stereocenters. The monoisotopic (exact) mass is 237 g/mol. The zero-order chi connectivity index (χ0) is 12.9. The molecule has 3 nitrogen and oxygen atoms in total. The number of aliphatic hydroxyl groups excluding tert-OH is 1. The van der Waals surface area contributed by atoms with E-state index in [0.29, 0.717) is 6.61 Å². The van der Waals surface area contributed by atoms with E-state index in [1.165, 1.54) is 5.56 Å². The van der Waals surface area contributed by atoms with Crippen LogP contribution in [-0.2, 0) is 0 Å². The lowest BCUT2D eigenvalue weighted by Gasteiger charge is -2.21. The van der Waals surface area contributed by atoms with Crippen LogP contribution in [0.3, 0.4) is 0 Å². The van der Waals surface area contributed by atoms with E-state index >= 15 is 0 Å². The van der Waals surface area contributed by atoms with Crippen LogP contribution in [0.4, 0.5) is 0 Å². The maximum Gasteiger partial charge on any atom is 0.122 e. The SMILES string of the molecule is Cc1ccc(OCCCC(C)(N)CO)c(C)c1. The number of ether oxygens (including phenoxy) is 1. The van der Waals surface area contributed by atoms with Gasteiger partial charge in [0.05, 0.1) is 13.2 Å². The van der Waals surface area contributed by atoms with Gasteiger partial charge in [-0.3, -0.25) is 0 Å². The molecule has 0 aliphatic rings. The van der Waals surface area contributed by atoms with Crippen molar-refractivity contribution >= 4 is 0 Å². The zero-order valence-corrected chi connectivity index (χ0v) is 11.0. The third-order valence-corrected chi connectivity index (χ3v) is 2.84. The molecule has 0 fully saturated rings. The largest absolute Gasteiger partial charge is 0.493 e. The lowest BCUT2D eigenvalue weighted by molar-refractivity contribution is 0.188. The van der Waals surface area contributed by atoms with Crippen LogP contribution in [0.5, 0.6) is 5.75 Å². The molecule has 3 N–H and O–H groups in total. The Labute approximate surface area is 104 Å². The van der Waals surface area contributed by atoms with Crippen LogP contribution >= 0.6 is 0 Å². The number of benzene rings is 1. The number of aliphatic hydroxyl groups is 1. The van der Waals surface area contributed by atoms with E-state index in [-0.39, 0.29) is 6.61 Å². The maximum atomic E-state index is 9.02. The molecule has 0 saturated heterocycles. The molecule has 3 heteroatoms. The smallest absolute Gasteiger partial charge is 0.122 e. The second-order valence-electron chi connectivity index (χ2n) is 5.03. The summed E-state index contributed by atoms with van der Waals surface area (Å²) >= 11 is 0. The van der Waals surface area contributed by atoms with Crippen molar-refractivity contribution in [1.82, 2.24) is 0 Å². The first-order valence-corrected chi connectivity index (χ1v) is 6.04. The van der Waals surface area contributed by atoms with Crippen LogP contribution in [-0.4, -0.2) is 23.9 Å². The molecule has 0 amide bonds. The summed E-state index contributed by atoms with van der Waals surface area (Å²) in [4.78, 5) is 0. The van der Waals surface area contributed by atoms with Crippen molar-refractivity contribution in [3.8, 4) is 5.75 Å². The average Bonchev–Trinajstić information content (AvgIpc) is 2.27. The molecule has 1 aromatic carbocycles. The molecule has 0 heterocycles. The zero-order valence-electron chi connectivity index (χ0n) is 11.0. The third kappa shape index (κ3) is 4.75. The minimum absolute atomic E-state index is 0.0105. The Balaban J connectivity index is 2.36. The number of hydrogen-bond donors (Lipinski definition) is 2. The number of nitrogens with two attached hydrogens (primary N) is 1. The summed E-state index contributed by atoms with van der Waals surface area (Å²) in [5.74, 6) is 0.929. The molecule has 0 aromatic heterocycles. The molecule has 0 spiro atoms. The van der Waals surface area contributed by atoms with Gasteiger partial charge in [-0.25, -0.2) is 0 Å². The van der Waals surface area contributed by atoms with Gasteiger partial charge in [-0.15, -0.1) is 0 Å². The highest BCUT2D eigenvalue weighted by Gasteiger charge is 2.16. The minimum Gasteiger partial charge on any atom is -0.493 e. The summed E-state index contributed by atoms with van der Waals surface area (Å²) in [7, 11) is 0. The third-order valence-electron chi connectivity index (χ3n) is 2.84. The molecule has 1 aromatic rings. The lowest BCUT2D eigenvalue weighted by atomic mass is 9.99. The first-order chi connectivity index (χ1) is 7.94. The number of hydrogen-bond acceptors (Lipinski definition) is 3. The Hall–Kier alpha value is -1.06. The Morgan fingerprint density at radius 3 is 2.65 bits per heavy atom. The molecule has 1 rings (SSSR count). The second-order valence-corrected chi connectivity index (χ2v) is 5.03. The molecule has 0 aliphatic heterocycles. The fourth-order valence-electron chi connectivity index (χ4n) is 1.70. The van der Waals surface area contributed by atoms with Crippen LogP contribution in [0.1, 0.15) is 30.9 Å². The minimum atomic E-state index is -0.494. The fraction of sp³-hybridized carbons (Fsp3) is 0.571. The van der Waals surface area contributed by atoms with Crippen LogP contribution in [0.15, 0.2) is 18.2 Å². The number of rotatable bonds is 6. The molecule has 0 saturated carbocycles. The van der Waals surface area contributed by atoms with Gasteiger partial charge in [0.1, 0.15) is 5.75 Å². The normalized spacial score (nSPS) is 14.4. The topological polar surface area (TPSA) is 55.5 Å². The van der Waals surface area contributed by atoms with E-state index in [1.807, 2.05) is 26.0 Å². The molecule has 0 aliphatic carbocycles. The highest BCUT2D eigenvalue weighted by Crippen LogP contribution is 2.19. The van der Waals surface area contributed by atoms with Gasteiger partial charge in [-0.2, -0.15) is 0 Å². The summed E-state index contributed by atoms with van der Waals surface area (Å²) in [6.45, 7) is 6.61. The number of aryl methyl sites for hydroxylation is 2. The molecular weight excluding hydrogens is 214 g/mol. The molecule has 0 bridgehead atoms. The van der Waals surface area contributed by atoms with Gasteiger partial charge in [-0.05, 0) is 45.2 Å². The highest BCUT2D eigenvalue weighted by atomic mass is 16.5. The lowest BCUT2D eigenvalue weighted by Crippen LogP contribution is -2.40. The maximum absolute atomic E-state index is 9.02. The summed E-state index contributed by atoms with van der Waals surface area (Å²) in [6.07, 6.45) is 1.61. The van der Waals surface area contributed by atoms with Crippen molar-refractivity contribution in [1.29, 1.82) is 0 Å². The molecule has 1 atom stereocenters. The van der Waals surface area contributed by atoms with Crippen LogP contribution < -0.4 is 10.5 Å². The molecule has 17 heavy (non-hydrogen) atoms.